The van der Waals surface area contributed by atoms with Crippen LogP contribution in [0.3, 0.4) is 0 Å². The number of hydrogen-bond acceptors (Lipinski definition) is 5. The van der Waals surface area contributed by atoms with E-state index in [-0.39, 0.29) is 18.3 Å². The van der Waals surface area contributed by atoms with E-state index in [0.717, 1.165) is 32.5 Å². The van der Waals surface area contributed by atoms with E-state index in [0.29, 0.717) is 12.2 Å². The number of aromatic nitrogens is 3. The lowest BCUT2D eigenvalue weighted by Gasteiger charge is -2.10. The number of H-pyrrole nitrogens is 1. The van der Waals surface area contributed by atoms with E-state index in [1.54, 1.807) is 0 Å². The van der Waals surface area contributed by atoms with Gasteiger partial charge in [0.05, 0.1) is 0 Å². The number of urea groups is 1. The number of hydrogen-bond donors (Lipinski definition) is 2. The number of carbonyl (C=O) groups excluding carboxylic acids is 2. The third-order valence-electron chi connectivity index (χ3n) is 5.35. The van der Waals surface area contributed by atoms with Gasteiger partial charge in [0, 0.05) is 29.1 Å². The van der Waals surface area contributed by atoms with Crippen LogP contribution >= 0.6 is 0 Å². The highest BCUT2D eigenvalue weighted by molar-refractivity contribution is 6.04. The van der Waals surface area contributed by atoms with Crippen molar-refractivity contribution in [3.63, 3.8) is 0 Å². The Morgan fingerprint density at radius 3 is 2.77 bits per heavy atom. The molecule has 2 aromatic carbocycles. The highest BCUT2D eigenvalue weighted by atomic mass is 16.5. The Labute approximate surface area is 171 Å². The van der Waals surface area contributed by atoms with Gasteiger partial charge >= 0.3 is 6.03 Å². The summed E-state index contributed by atoms with van der Waals surface area (Å²) in [5.74, 6) is 0.343. The Morgan fingerprint density at radius 2 is 1.90 bits per heavy atom. The Hall–Kier alpha value is -3.94. The summed E-state index contributed by atoms with van der Waals surface area (Å²) in [7, 11) is 0. The second kappa shape index (κ2) is 7.14. The quantitative estimate of drug-likeness (QED) is 0.500. The van der Waals surface area contributed by atoms with E-state index in [1.165, 1.54) is 0 Å². The number of aryl methyl sites for hydroxylation is 1. The summed E-state index contributed by atoms with van der Waals surface area (Å²) in [5, 5.41) is 7.79. The van der Waals surface area contributed by atoms with Crippen molar-refractivity contribution in [3.05, 3.63) is 71.7 Å². The maximum absolute atomic E-state index is 12.9. The van der Waals surface area contributed by atoms with Crippen molar-refractivity contribution in [1.82, 2.24) is 25.3 Å². The molecule has 1 aliphatic heterocycles. The number of imide groups is 1. The van der Waals surface area contributed by atoms with E-state index in [2.05, 4.69) is 20.4 Å². The monoisotopic (exact) mass is 401 g/mol. The van der Waals surface area contributed by atoms with Crippen LogP contribution in [-0.2, 0) is 17.8 Å². The molecule has 3 amide bonds. The maximum Gasteiger partial charge on any atom is 0.325 e. The lowest BCUT2D eigenvalue weighted by molar-refractivity contribution is -0.128. The Bertz CT molecular complexity index is 1260. The second-order valence-electron chi connectivity index (χ2n) is 7.32. The average molecular weight is 401 g/mol. The number of fused-ring (bicyclic) bond motifs is 1. The first-order valence-electron chi connectivity index (χ1n) is 9.65. The predicted molar refractivity (Wildman–Crippen MR) is 109 cm³/mol. The zero-order valence-electron chi connectivity index (χ0n) is 16.3. The summed E-state index contributed by atoms with van der Waals surface area (Å²) in [6.45, 7) is 1.89. The van der Waals surface area contributed by atoms with Crippen molar-refractivity contribution in [2.24, 2.45) is 0 Å². The van der Waals surface area contributed by atoms with E-state index >= 15 is 0 Å². The third kappa shape index (κ3) is 3.12. The Kier molecular flexibility index (Phi) is 4.31. The van der Waals surface area contributed by atoms with Crippen molar-refractivity contribution in [2.45, 2.75) is 25.9 Å². The number of nitrogens with one attached hydrogen (secondary N) is 2. The van der Waals surface area contributed by atoms with Gasteiger partial charge < -0.3 is 14.8 Å². The van der Waals surface area contributed by atoms with Gasteiger partial charge in [-0.2, -0.15) is 4.98 Å². The first-order chi connectivity index (χ1) is 14.6. The molecule has 0 aliphatic carbocycles. The number of amides is 3. The normalized spacial score (nSPS) is 16.4. The molecule has 0 bridgehead atoms. The summed E-state index contributed by atoms with van der Waals surface area (Å²) in [6, 6.07) is 14.5. The fourth-order valence-electron chi connectivity index (χ4n) is 3.77. The first-order valence-corrected chi connectivity index (χ1v) is 9.65. The smallest absolute Gasteiger partial charge is 0.325 e. The molecule has 1 saturated heterocycles. The van der Waals surface area contributed by atoms with Crippen LogP contribution in [0, 0.1) is 6.92 Å². The van der Waals surface area contributed by atoms with Crippen LogP contribution in [0.1, 0.15) is 17.0 Å². The average Bonchev–Trinajstić information content (AvgIpc) is 3.44. The van der Waals surface area contributed by atoms with Gasteiger partial charge in [-0.3, -0.25) is 9.69 Å². The molecule has 2 N–H and O–H groups in total. The van der Waals surface area contributed by atoms with E-state index in [9.17, 15) is 9.59 Å². The number of rotatable bonds is 5. The van der Waals surface area contributed by atoms with Crippen LogP contribution in [0.25, 0.3) is 22.3 Å². The van der Waals surface area contributed by atoms with E-state index in [1.807, 2.05) is 61.7 Å². The molecule has 1 fully saturated rings. The molecule has 0 unspecified atom stereocenters. The minimum Gasteiger partial charge on any atom is -0.361 e. The summed E-state index contributed by atoms with van der Waals surface area (Å²) in [4.78, 5) is 33.9. The molecular weight excluding hydrogens is 382 g/mol. The number of para-hydroxylation sites is 1. The van der Waals surface area contributed by atoms with Crippen molar-refractivity contribution < 1.29 is 14.1 Å². The van der Waals surface area contributed by atoms with Crippen LogP contribution in [0.4, 0.5) is 4.79 Å². The minimum absolute atomic E-state index is 0.0616. The first kappa shape index (κ1) is 18.1. The van der Waals surface area contributed by atoms with Crippen LogP contribution in [-0.4, -0.2) is 38.0 Å². The Balaban J connectivity index is 1.32. The number of benzene rings is 2. The molecule has 5 rings (SSSR count). The SMILES string of the molecule is Cc1ccccc1-c1noc(CN2C(=O)N[C@H](Cc3c[nH]c4ccccc34)C2=O)n1. The molecule has 4 aromatic rings. The van der Waals surface area contributed by atoms with Crippen molar-refractivity contribution in [1.29, 1.82) is 0 Å². The molecule has 1 atom stereocenters. The Morgan fingerprint density at radius 1 is 1.10 bits per heavy atom. The molecule has 8 nitrogen and oxygen atoms in total. The molecule has 150 valence electrons. The molecule has 0 spiro atoms. The predicted octanol–water partition coefficient (Wildman–Crippen LogP) is 3.19. The largest absolute Gasteiger partial charge is 0.361 e. The van der Waals surface area contributed by atoms with Crippen molar-refractivity contribution in [2.75, 3.05) is 0 Å². The molecule has 0 saturated carbocycles. The van der Waals surface area contributed by atoms with E-state index in [4.69, 9.17) is 4.52 Å². The summed E-state index contributed by atoms with van der Waals surface area (Å²) >= 11 is 0. The van der Waals surface area contributed by atoms with Gasteiger partial charge in [0.25, 0.3) is 5.91 Å². The fraction of sp³-hybridized carbons (Fsp3) is 0.182. The fourth-order valence-corrected chi connectivity index (χ4v) is 3.77. The number of aromatic amines is 1. The maximum atomic E-state index is 12.9. The molecule has 1 aliphatic rings. The second-order valence-corrected chi connectivity index (χ2v) is 7.32. The lowest BCUT2D eigenvalue weighted by Crippen LogP contribution is -2.32. The van der Waals surface area contributed by atoms with Crippen LogP contribution < -0.4 is 5.32 Å². The topological polar surface area (TPSA) is 104 Å². The third-order valence-corrected chi connectivity index (χ3v) is 5.35. The molecule has 8 heteroatoms. The zero-order chi connectivity index (χ0) is 20.7. The highest BCUT2D eigenvalue weighted by Crippen LogP contribution is 2.23. The molecule has 0 radical (unpaired) electrons. The molecule has 30 heavy (non-hydrogen) atoms. The van der Waals surface area contributed by atoms with Gasteiger partial charge in [0.1, 0.15) is 12.6 Å². The molecule has 3 heterocycles. The lowest BCUT2D eigenvalue weighted by atomic mass is 10.1. The number of nitrogens with zero attached hydrogens (tertiary/aromatic N) is 3. The van der Waals surface area contributed by atoms with Crippen molar-refractivity contribution in [3.8, 4) is 11.4 Å². The van der Waals surface area contributed by atoms with E-state index < -0.39 is 12.1 Å². The van der Waals surface area contributed by atoms with Gasteiger partial charge in [-0.05, 0) is 24.1 Å². The van der Waals surface area contributed by atoms with Crippen LogP contribution in [0.2, 0.25) is 0 Å². The number of carbonyl (C=O) groups is 2. The molecular formula is C22H19N5O3. The van der Waals surface area contributed by atoms with Gasteiger partial charge in [0.2, 0.25) is 11.7 Å². The van der Waals surface area contributed by atoms with Crippen molar-refractivity contribution >= 4 is 22.8 Å². The zero-order valence-corrected chi connectivity index (χ0v) is 16.3. The molecule has 2 aromatic heterocycles. The van der Waals surface area contributed by atoms with Gasteiger partial charge in [-0.1, -0.05) is 47.6 Å². The highest BCUT2D eigenvalue weighted by Gasteiger charge is 2.39. The summed E-state index contributed by atoms with van der Waals surface area (Å²) < 4.78 is 5.29. The van der Waals surface area contributed by atoms with Crippen LogP contribution in [0.5, 0.6) is 0 Å². The minimum atomic E-state index is -0.629. The summed E-state index contributed by atoms with van der Waals surface area (Å²) in [5.41, 5.74) is 3.84. The standard InChI is InChI=1S/C22H19N5O3/c1-13-6-2-3-7-15(13)20-25-19(30-26-20)12-27-21(28)18(24-22(27)29)10-14-11-23-17-9-5-4-8-16(14)17/h2-9,11,18,23H,10,12H2,1H3,(H,24,29)/t18-/m1/s1. The van der Waals surface area contributed by atoms with Gasteiger partial charge in [0.15, 0.2) is 0 Å². The van der Waals surface area contributed by atoms with Gasteiger partial charge in [-0.25, -0.2) is 4.79 Å². The van der Waals surface area contributed by atoms with Crippen LogP contribution in [0.15, 0.2) is 59.3 Å². The van der Waals surface area contributed by atoms with Gasteiger partial charge in [-0.15, -0.1) is 0 Å². The summed E-state index contributed by atoms with van der Waals surface area (Å²) in [6.07, 6.45) is 2.28.